The van der Waals surface area contributed by atoms with Crippen LogP contribution in [0.5, 0.6) is 0 Å². The molecule has 1 aromatic carbocycles. The third-order valence-electron chi connectivity index (χ3n) is 3.63. The molecule has 5 nitrogen and oxygen atoms in total. The number of nitrogens with zero attached hydrogens (tertiary/aromatic N) is 1. The molecule has 1 fully saturated rings. The number of carbonyl (C=O) groups excluding carboxylic acids is 2. The number of piperidine rings is 1. The van der Waals surface area contributed by atoms with Gasteiger partial charge in [-0.3, -0.25) is 9.59 Å². The van der Waals surface area contributed by atoms with Gasteiger partial charge in [-0.15, -0.1) is 0 Å². The molecule has 0 bridgehead atoms. The van der Waals surface area contributed by atoms with E-state index >= 15 is 0 Å². The molecule has 5 heteroatoms. The first-order chi connectivity index (χ1) is 9.65. The van der Waals surface area contributed by atoms with Crippen LogP contribution in [0.2, 0.25) is 0 Å². The maximum Gasteiger partial charge on any atom is 0.313 e. The van der Waals surface area contributed by atoms with Gasteiger partial charge >= 0.3 is 11.8 Å². The molecule has 108 valence electrons. The molecule has 0 aromatic heterocycles. The molecule has 0 unspecified atom stereocenters. The molecule has 1 saturated heterocycles. The van der Waals surface area contributed by atoms with Gasteiger partial charge in [-0.1, -0.05) is 18.2 Å². The van der Waals surface area contributed by atoms with E-state index in [4.69, 9.17) is 0 Å². The molecule has 1 aliphatic rings. The predicted octanol–water partition coefficient (Wildman–Crippen LogP) is 1.08. The summed E-state index contributed by atoms with van der Waals surface area (Å²) >= 11 is 0. The SMILES string of the molecule is CN1CCC(CNC(=O)C(=O)Nc2ccccc2)CC1. The molecule has 1 heterocycles. The van der Waals surface area contributed by atoms with Crippen LogP contribution >= 0.6 is 0 Å². The van der Waals surface area contributed by atoms with Crippen molar-refractivity contribution < 1.29 is 9.59 Å². The van der Waals surface area contributed by atoms with Gasteiger partial charge in [0.25, 0.3) is 0 Å². The minimum atomic E-state index is -0.607. The molecule has 1 aliphatic heterocycles. The average molecular weight is 275 g/mol. The summed E-state index contributed by atoms with van der Waals surface area (Å²) in [5, 5.41) is 5.29. The number of para-hydroxylation sites is 1. The standard InChI is InChI=1S/C15H21N3O2/c1-18-9-7-12(8-10-18)11-16-14(19)15(20)17-13-5-3-2-4-6-13/h2-6,12H,7-11H2,1H3,(H,16,19)(H,17,20). The third kappa shape index (κ3) is 4.35. The second-order valence-corrected chi connectivity index (χ2v) is 5.28. The molecule has 0 aliphatic carbocycles. The van der Waals surface area contributed by atoms with Crippen LogP contribution < -0.4 is 10.6 Å². The summed E-state index contributed by atoms with van der Waals surface area (Å²) in [7, 11) is 2.10. The fraction of sp³-hybridized carbons (Fsp3) is 0.467. The van der Waals surface area contributed by atoms with Crippen LogP contribution in [-0.2, 0) is 9.59 Å². The first-order valence-corrected chi connectivity index (χ1v) is 6.98. The number of hydrogen-bond donors (Lipinski definition) is 2. The van der Waals surface area contributed by atoms with Crippen molar-refractivity contribution in [2.24, 2.45) is 5.92 Å². The molecular formula is C15H21N3O2. The Bertz CT molecular complexity index is 453. The molecule has 2 N–H and O–H groups in total. The lowest BCUT2D eigenvalue weighted by Crippen LogP contribution is -2.41. The zero-order valence-electron chi connectivity index (χ0n) is 11.8. The highest BCUT2D eigenvalue weighted by molar-refractivity contribution is 6.39. The second-order valence-electron chi connectivity index (χ2n) is 5.28. The average Bonchev–Trinajstić information content (AvgIpc) is 2.47. The van der Waals surface area contributed by atoms with E-state index in [0.717, 1.165) is 25.9 Å². The van der Waals surface area contributed by atoms with Gasteiger partial charge in [0.1, 0.15) is 0 Å². The Morgan fingerprint density at radius 1 is 1.15 bits per heavy atom. The molecule has 1 aromatic rings. The molecule has 20 heavy (non-hydrogen) atoms. The molecule has 0 radical (unpaired) electrons. The van der Waals surface area contributed by atoms with Crippen LogP contribution in [0.1, 0.15) is 12.8 Å². The van der Waals surface area contributed by atoms with E-state index < -0.39 is 11.8 Å². The zero-order chi connectivity index (χ0) is 14.4. The smallest absolute Gasteiger partial charge is 0.313 e. The summed E-state index contributed by atoms with van der Waals surface area (Å²) in [6.45, 7) is 2.68. The van der Waals surface area contributed by atoms with E-state index in [1.807, 2.05) is 18.2 Å². The summed E-state index contributed by atoms with van der Waals surface area (Å²) in [6, 6.07) is 8.98. The van der Waals surface area contributed by atoms with Crippen LogP contribution in [0.4, 0.5) is 5.69 Å². The number of benzene rings is 1. The van der Waals surface area contributed by atoms with Crippen molar-refractivity contribution in [1.29, 1.82) is 0 Å². The number of anilines is 1. The van der Waals surface area contributed by atoms with Crippen molar-refractivity contribution in [3.05, 3.63) is 30.3 Å². The Morgan fingerprint density at radius 2 is 1.80 bits per heavy atom. The fourth-order valence-electron chi connectivity index (χ4n) is 2.29. The normalized spacial score (nSPS) is 16.6. The van der Waals surface area contributed by atoms with Crippen molar-refractivity contribution in [3.63, 3.8) is 0 Å². The molecular weight excluding hydrogens is 254 g/mol. The zero-order valence-corrected chi connectivity index (χ0v) is 11.8. The molecule has 0 atom stereocenters. The van der Waals surface area contributed by atoms with Crippen LogP contribution in [0.15, 0.2) is 30.3 Å². The van der Waals surface area contributed by atoms with Gasteiger partial charge in [-0.05, 0) is 51.0 Å². The number of amides is 2. The van der Waals surface area contributed by atoms with Gasteiger partial charge in [-0.2, -0.15) is 0 Å². The highest BCUT2D eigenvalue weighted by Crippen LogP contribution is 2.14. The maximum absolute atomic E-state index is 11.7. The summed E-state index contributed by atoms with van der Waals surface area (Å²) in [5.74, 6) is -0.698. The summed E-state index contributed by atoms with van der Waals surface area (Å²) < 4.78 is 0. The van der Waals surface area contributed by atoms with E-state index in [9.17, 15) is 9.59 Å². The molecule has 0 saturated carbocycles. The third-order valence-corrected chi connectivity index (χ3v) is 3.63. The molecule has 2 rings (SSSR count). The highest BCUT2D eigenvalue weighted by atomic mass is 16.2. The van der Waals surface area contributed by atoms with Gasteiger partial charge in [0.2, 0.25) is 0 Å². The number of rotatable bonds is 3. The van der Waals surface area contributed by atoms with Crippen molar-refractivity contribution in [1.82, 2.24) is 10.2 Å². The number of likely N-dealkylation sites (tertiary alicyclic amines) is 1. The Labute approximate surface area is 119 Å². The first kappa shape index (κ1) is 14.5. The lowest BCUT2D eigenvalue weighted by Gasteiger charge is -2.28. The number of nitrogens with one attached hydrogen (secondary N) is 2. The summed E-state index contributed by atoms with van der Waals surface area (Å²) in [5.41, 5.74) is 0.631. The predicted molar refractivity (Wildman–Crippen MR) is 78.3 cm³/mol. The van der Waals surface area contributed by atoms with Crippen molar-refractivity contribution in [3.8, 4) is 0 Å². The van der Waals surface area contributed by atoms with Crippen molar-refractivity contribution >= 4 is 17.5 Å². The van der Waals surface area contributed by atoms with Crippen LogP contribution in [0.3, 0.4) is 0 Å². The van der Waals surface area contributed by atoms with Gasteiger partial charge in [-0.25, -0.2) is 0 Å². The van der Waals surface area contributed by atoms with E-state index in [0.29, 0.717) is 18.2 Å². The molecule has 0 spiro atoms. The number of hydrogen-bond acceptors (Lipinski definition) is 3. The minimum Gasteiger partial charge on any atom is -0.348 e. The van der Waals surface area contributed by atoms with Crippen LogP contribution in [-0.4, -0.2) is 43.4 Å². The van der Waals surface area contributed by atoms with E-state index in [1.165, 1.54) is 0 Å². The number of carbonyl (C=O) groups is 2. The Morgan fingerprint density at radius 3 is 2.45 bits per heavy atom. The summed E-state index contributed by atoms with van der Waals surface area (Å²) in [6.07, 6.45) is 2.13. The highest BCUT2D eigenvalue weighted by Gasteiger charge is 2.19. The van der Waals surface area contributed by atoms with Crippen molar-refractivity contribution in [2.75, 3.05) is 32.0 Å². The Hall–Kier alpha value is -1.88. The van der Waals surface area contributed by atoms with E-state index in [1.54, 1.807) is 12.1 Å². The van der Waals surface area contributed by atoms with Gasteiger partial charge < -0.3 is 15.5 Å². The van der Waals surface area contributed by atoms with Gasteiger partial charge in [0.15, 0.2) is 0 Å². The summed E-state index contributed by atoms with van der Waals surface area (Å²) in [4.78, 5) is 25.7. The quantitative estimate of drug-likeness (QED) is 0.812. The van der Waals surface area contributed by atoms with E-state index in [-0.39, 0.29) is 0 Å². The first-order valence-electron chi connectivity index (χ1n) is 6.98. The lowest BCUT2D eigenvalue weighted by molar-refractivity contribution is -0.136. The fourth-order valence-corrected chi connectivity index (χ4v) is 2.29. The largest absolute Gasteiger partial charge is 0.348 e. The topological polar surface area (TPSA) is 61.4 Å². The minimum absolute atomic E-state index is 0.472. The van der Waals surface area contributed by atoms with Crippen LogP contribution in [0, 0.1) is 5.92 Å². The Balaban J connectivity index is 1.73. The van der Waals surface area contributed by atoms with Gasteiger partial charge in [0, 0.05) is 12.2 Å². The van der Waals surface area contributed by atoms with Gasteiger partial charge in [0.05, 0.1) is 0 Å². The van der Waals surface area contributed by atoms with Crippen molar-refractivity contribution in [2.45, 2.75) is 12.8 Å². The maximum atomic E-state index is 11.7. The molecule has 2 amide bonds. The van der Waals surface area contributed by atoms with E-state index in [2.05, 4.69) is 22.6 Å². The lowest BCUT2D eigenvalue weighted by atomic mass is 9.97. The van der Waals surface area contributed by atoms with Crippen LogP contribution in [0.25, 0.3) is 0 Å². The second kappa shape index (κ2) is 7.05. The monoisotopic (exact) mass is 275 g/mol. The Kier molecular flexibility index (Phi) is 5.12.